The fraction of sp³-hybridized carbons (Fsp3) is 0. The van der Waals surface area contributed by atoms with Gasteiger partial charge < -0.3 is 11.1 Å². The summed E-state index contributed by atoms with van der Waals surface area (Å²) in [4.78, 5) is 11.8. The lowest BCUT2D eigenvalue weighted by atomic mass is 10.3. The van der Waals surface area contributed by atoms with Crippen LogP contribution in [-0.2, 0) is 0 Å². The van der Waals surface area contributed by atoms with E-state index in [0.717, 1.165) is 0 Å². The zero-order valence-corrected chi connectivity index (χ0v) is 10.8. The molecule has 0 saturated heterocycles. The highest BCUT2D eigenvalue weighted by molar-refractivity contribution is 9.10. The van der Waals surface area contributed by atoms with E-state index in [-0.39, 0.29) is 11.6 Å². The Labute approximate surface area is 110 Å². The van der Waals surface area contributed by atoms with Crippen molar-refractivity contribution in [3.05, 3.63) is 39.6 Å². The maximum Gasteiger partial charge on any atom is 0.275 e. The summed E-state index contributed by atoms with van der Waals surface area (Å²) in [6.07, 6.45) is 1.38. The molecule has 17 heavy (non-hydrogen) atoms. The van der Waals surface area contributed by atoms with E-state index < -0.39 is 0 Å². The van der Waals surface area contributed by atoms with E-state index in [1.807, 2.05) is 0 Å². The monoisotopic (exact) mass is 314 g/mol. The van der Waals surface area contributed by atoms with Crippen LogP contribution >= 0.6 is 27.5 Å². The van der Waals surface area contributed by atoms with Crippen LogP contribution in [0.2, 0.25) is 5.02 Å². The number of benzene rings is 1. The molecule has 7 heteroatoms. The number of amides is 1. The van der Waals surface area contributed by atoms with Gasteiger partial charge >= 0.3 is 0 Å². The molecule has 0 spiro atoms. The van der Waals surface area contributed by atoms with Crippen LogP contribution in [0.1, 0.15) is 10.5 Å². The Bertz CT molecular complexity index is 569. The van der Waals surface area contributed by atoms with Gasteiger partial charge in [0.1, 0.15) is 5.69 Å². The Balaban J connectivity index is 2.19. The number of carbonyl (C=O) groups is 1. The zero-order valence-electron chi connectivity index (χ0n) is 8.50. The number of aromatic amines is 1. The van der Waals surface area contributed by atoms with Crippen molar-refractivity contribution < 1.29 is 4.79 Å². The molecule has 1 aromatic carbocycles. The Morgan fingerprint density at radius 3 is 2.88 bits per heavy atom. The Hall–Kier alpha value is -1.53. The molecule has 0 radical (unpaired) electrons. The first-order valence-corrected chi connectivity index (χ1v) is 5.80. The van der Waals surface area contributed by atoms with Gasteiger partial charge in [0.05, 0.1) is 16.9 Å². The lowest BCUT2D eigenvalue weighted by Gasteiger charge is -2.05. The number of H-pyrrole nitrogens is 1. The van der Waals surface area contributed by atoms with Gasteiger partial charge in [0, 0.05) is 10.2 Å². The topological polar surface area (TPSA) is 83.8 Å². The third-order valence-electron chi connectivity index (χ3n) is 2.07. The summed E-state index contributed by atoms with van der Waals surface area (Å²) in [5.41, 5.74) is 6.71. The highest BCUT2D eigenvalue weighted by Gasteiger charge is 2.12. The summed E-state index contributed by atoms with van der Waals surface area (Å²) < 4.78 is 0.703. The molecule has 0 aliphatic rings. The quantitative estimate of drug-likeness (QED) is 0.796. The van der Waals surface area contributed by atoms with E-state index in [1.165, 1.54) is 6.20 Å². The van der Waals surface area contributed by atoms with Crippen molar-refractivity contribution in [2.75, 3.05) is 11.1 Å². The second-order valence-electron chi connectivity index (χ2n) is 3.28. The van der Waals surface area contributed by atoms with Gasteiger partial charge in [-0.15, -0.1) is 0 Å². The molecule has 4 N–H and O–H groups in total. The van der Waals surface area contributed by atoms with Crippen molar-refractivity contribution in [3.63, 3.8) is 0 Å². The maximum absolute atomic E-state index is 11.8. The molecule has 2 rings (SSSR count). The summed E-state index contributed by atoms with van der Waals surface area (Å²) in [5, 5.41) is 9.45. The molecule has 1 amide bonds. The van der Waals surface area contributed by atoms with Crippen LogP contribution in [-0.4, -0.2) is 16.1 Å². The molecular formula is C10H8BrClN4O. The Morgan fingerprint density at radius 1 is 1.53 bits per heavy atom. The molecular weight excluding hydrogens is 307 g/mol. The Morgan fingerprint density at radius 2 is 2.29 bits per heavy atom. The van der Waals surface area contributed by atoms with Gasteiger partial charge in [-0.05, 0) is 34.1 Å². The molecule has 1 heterocycles. The molecule has 0 atom stereocenters. The third-order valence-corrected chi connectivity index (χ3v) is 3.29. The lowest BCUT2D eigenvalue weighted by Crippen LogP contribution is -2.14. The summed E-state index contributed by atoms with van der Waals surface area (Å²) in [6.45, 7) is 0. The first-order valence-electron chi connectivity index (χ1n) is 4.63. The van der Waals surface area contributed by atoms with Crippen molar-refractivity contribution in [2.24, 2.45) is 0 Å². The van der Waals surface area contributed by atoms with Gasteiger partial charge in [-0.25, -0.2) is 0 Å². The summed E-state index contributed by atoms with van der Waals surface area (Å²) >= 11 is 9.12. The van der Waals surface area contributed by atoms with E-state index in [0.29, 0.717) is 20.9 Å². The minimum Gasteiger partial charge on any atom is -0.396 e. The fourth-order valence-corrected chi connectivity index (χ4v) is 1.74. The number of anilines is 2. The fourth-order valence-electron chi connectivity index (χ4n) is 1.24. The van der Waals surface area contributed by atoms with Gasteiger partial charge in [0.25, 0.3) is 5.91 Å². The molecule has 2 aromatic rings. The highest BCUT2D eigenvalue weighted by atomic mass is 79.9. The van der Waals surface area contributed by atoms with E-state index in [9.17, 15) is 4.79 Å². The number of carbonyl (C=O) groups excluding carboxylic acids is 1. The van der Waals surface area contributed by atoms with Crippen molar-refractivity contribution in [1.82, 2.24) is 10.2 Å². The first-order chi connectivity index (χ1) is 8.08. The van der Waals surface area contributed by atoms with Gasteiger partial charge in [-0.2, -0.15) is 5.10 Å². The average Bonchev–Trinajstić information content (AvgIpc) is 2.70. The van der Waals surface area contributed by atoms with Crippen LogP contribution in [0, 0.1) is 0 Å². The van der Waals surface area contributed by atoms with Crippen LogP contribution in [0.3, 0.4) is 0 Å². The number of nitrogen functional groups attached to an aromatic ring is 1. The molecule has 0 saturated carbocycles. The van der Waals surface area contributed by atoms with Gasteiger partial charge in [0.2, 0.25) is 0 Å². The number of rotatable bonds is 2. The second kappa shape index (κ2) is 4.77. The minimum atomic E-state index is -0.353. The van der Waals surface area contributed by atoms with Crippen LogP contribution < -0.4 is 11.1 Å². The number of halogens is 2. The van der Waals surface area contributed by atoms with Crippen molar-refractivity contribution >= 4 is 44.8 Å². The average molecular weight is 316 g/mol. The molecule has 0 aliphatic carbocycles. The Kier molecular flexibility index (Phi) is 3.35. The molecule has 1 aromatic heterocycles. The summed E-state index contributed by atoms with van der Waals surface area (Å²) in [6, 6.07) is 5.07. The van der Waals surface area contributed by atoms with E-state index in [1.54, 1.807) is 18.2 Å². The van der Waals surface area contributed by atoms with Crippen LogP contribution in [0.15, 0.2) is 28.9 Å². The van der Waals surface area contributed by atoms with Crippen molar-refractivity contribution in [1.29, 1.82) is 0 Å². The van der Waals surface area contributed by atoms with Crippen molar-refractivity contribution in [3.8, 4) is 0 Å². The predicted octanol–water partition coefficient (Wildman–Crippen LogP) is 2.66. The van der Waals surface area contributed by atoms with Gasteiger partial charge in [0.15, 0.2) is 0 Å². The number of hydrogen-bond acceptors (Lipinski definition) is 3. The molecule has 0 bridgehead atoms. The summed E-state index contributed by atoms with van der Waals surface area (Å²) in [7, 11) is 0. The number of hydrogen-bond donors (Lipinski definition) is 3. The third kappa shape index (κ3) is 2.59. The molecule has 88 valence electrons. The number of aromatic nitrogens is 2. The molecule has 0 unspecified atom stereocenters. The molecule has 0 aliphatic heterocycles. The highest BCUT2D eigenvalue weighted by Crippen LogP contribution is 2.25. The molecule has 0 fully saturated rings. The second-order valence-corrected chi connectivity index (χ2v) is 4.54. The predicted molar refractivity (Wildman–Crippen MR) is 70.1 cm³/mol. The minimum absolute atomic E-state index is 0.232. The van der Waals surface area contributed by atoms with Crippen LogP contribution in [0.5, 0.6) is 0 Å². The first kappa shape index (κ1) is 11.9. The zero-order chi connectivity index (χ0) is 12.4. The van der Waals surface area contributed by atoms with E-state index in [2.05, 4.69) is 31.4 Å². The van der Waals surface area contributed by atoms with Gasteiger partial charge in [-0.1, -0.05) is 11.6 Å². The van der Waals surface area contributed by atoms with Crippen molar-refractivity contribution in [2.45, 2.75) is 0 Å². The lowest BCUT2D eigenvalue weighted by molar-refractivity contribution is 0.102. The van der Waals surface area contributed by atoms with E-state index in [4.69, 9.17) is 17.3 Å². The standard InChI is InChI=1S/C10H8BrClN4O/c11-6-3-5(1-2-7(6)12)15-10(17)9-8(13)4-14-16-9/h1-4H,13H2,(H,14,16)(H,15,17). The van der Waals surface area contributed by atoms with Crippen LogP contribution in [0.25, 0.3) is 0 Å². The molecule has 5 nitrogen and oxygen atoms in total. The number of nitrogens with two attached hydrogens (primary N) is 1. The van der Waals surface area contributed by atoms with E-state index >= 15 is 0 Å². The van der Waals surface area contributed by atoms with Gasteiger partial charge in [-0.3, -0.25) is 9.89 Å². The smallest absolute Gasteiger partial charge is 0.275 e. The van der Waals surface area contributed by atoms with Crippen LogP contribution in [0.4, 0.5) is 11.4 Å². The normalized spacial score (nSPS) is 10.2. The summed E-state index contributed by atoms with van der Waals surface area (Å²) in [5.74, 6) is -0.353. The number of nitrogens with zero attached hydrogens (tertiary/aromatic N) is 1. The number of nitrogens with one attached hydrogen (secondary N) is 2. The maximum atomic E-state index is 11.8. The largest absolute Gasteiger partial charge is 0.396 e. The SMILES string of the molecule is Nc1cn[nH]c1C(=O)Nc1ccc(Cl)c(Br)c1.